The molecule has 9 heavy (non-hydrogen) atoms. The van der Waals surface area contributed by atoms with Gasteiger partial charge in [-0.15, -0.1) is 0 Å². The average molecular weight is 130 g/mol. The fourth-order valence-corrected chi connectivity index (χ4v) is 0.250. The van der Waals surface area contributed by atoms with Crippen molar-refractivity contribution in [2.45, 2.75) is 6.92 Å². The first kappa shape index (κ1) is 7.81. The Bertz CT molecular complexity index is 138. The number of hydrogen-bond donors (Lipinski definition) is 0. The smallest absolute Gasteiger partial charge is 0.382 e. The first-order chi connectivity index (χ1) is 4.22. The Kier molecular flexibility index (Phi) is 3.27. The maximum Gasteiger partial charge on any atom is 0.382 e. The van der Waals surface area contributed by atoms with E-state index in [1.807, 2.05) is 0 Å². The number of Topliss-reactive ketones (excluding diaryl/α,β-unsaturated/α-hetero) is 1. The molecule has 0 saturated carbocycles. The zero-order chi connectivity index (χ0) is 7.28. The highest BCUT2D eigenvalue weighted by atomic mass is 16.5. The lowest BCUT2D eigenvalue weighted by Crippen LogP contribution is -2.17. The molecule has 0 aliphatic heterocycles. The molecule has 0 heterocycles. The van der Waals surface area contributed by atoms with Gasteiger partial charge in [0, 0.05) is 0 Å². The molecule has 0 unspecified atom stereocenters. The molecule has 4 nitrogen and oxygen atoms in total. The minimum Gasteiger partial charge on any atom is -0.460 e. The summed E-state index contributed by atoms with van der Waals surface area (Å²) in [7, 11) is 0. The van der Waals surface area contributed by atoms with E-state index in [0.717, 1.165) is 0 Å². The molecule has 0 radical (unpaired) electrons. The molecule has 0 aliphatic carbocycles. The number of hydrogen-bond acceptors (Lipinski definition) is 4. The van der Waals surface area contributed by atoms with E-state index in [1.54, 1.807) is 6.92 Å². The highest BCUT2D eigenvalue weighted by molar-refractivity contribution is 6.55. The molecule has 0 N–H and O–H groups in total. The number of carbonyl (C=O) groups excluding carboxylic acids is 3. The Morgan fingerprint density at radius 3 is 2.44 bits per heavy atom. The van der Waals surface area contributed by atoms with Gasteiger partial charge in [0.2, 0.25) is 0 Å². The minimum atomic E-state index is -1.14. The van der Waals surface area contributed by atoms with Gasteiger partial charge in [-0.05, 0) is 6.92 Å². The topological polar surface area (TPSA) is 60.4 Å². The standard InChI is InChI=1S/C5H6O4/c1-2-9-5(8)4(7)3-6/h3H,2H2,1H3. The van der Waals surface area contributed by atoms with Crippen LogP contribution in [-0.4, -0.2) is 24.6 Å². The van der Waals surface area contributed by atoms with Crippen molar-refractivity contribution in [2.75, 3.05) is 6.61 Å². The number of esters is 1. The lowest BCUT2D eigenvalue weighted by atomic mass is 10.4. The van der Waals surface area contributed by atoms with Gasteiger partial charge in [-0.3, -0.25) is 9.59 Å². The Balaban J connectivity index is 3.73. The Morgan fingerprint density at radius 2 is 2.11 bits per heavy atom. The second-order valence-electron chi connectivity index (χ2n) is 1.20. The van der Waals surface area contributed by atoms with Gasteiger partial charge in [0.25, 0.3) is 0 Å². The van der Waals surface area contributed by atoms with Crippen molar-refractivity contribution in [1.82, 2.24) is 0 Å². The lowest BCUT2D eigenvalue weighted by molar-refractivity contribution is -0.154. The maximum absolute atomic E-state index is 10.2. The molecular formula is C5H6O4. The summed E-state index contributed by atoms with van der Waals surface area (Å²) in [5.74, 6) is -2.23. The normalized spacial score (nSPS) is 8.11. The van der Waals surface area contributed by atoms with E-state index in [0.29, 0.717) is 0 Å². The van der Waals surface area contributed by atoms with Gasteiger partial charge in [-0.2, -0.15) is 0 Å². The van der Waals surface area contributed by atoms with Gasteiger partial charge < -0.3 is 4.74 Å². The summed E-state index contributed by atoms with van der Waals surface area (Å²) in [6.45, 7) is 1.66. The summed E-state index contributed by atoms with van der Waals surface area (Å²) in [4.78, 5) is 29.8. The average Bonchev–Trinajstić information content (AvgIpc) is 1.87. The van der Waals surface area contributed by atoms with Crippen LogP contribution in [-0.2, 0) is 19.1 Å². The van der Waals surface area contributed by atoms with Crippen molar-refractivity contribution in [2.24, 2.45) is 0 Å². The molecule has 0 fully saturated rings. The lowest BCUT2D eigenvalue weighted by Gasteiger charge is -1.92. The second kappa shape index (κ2) is 3.77. The molecule has 0 aromatic heterocycles. The van der Waals surface area contributed by atoms with E-state index in [1.165, 1.54) is 0 Å². The summed E-state index contributed by atoms with van der Waals surface area (Å²) in [5.41, 5.74) is 0. The second-order valence-corrected chi connectivity index (χ2v) is 1.20. The first-order valence-electron chi connectivity index (χ1n) is 2.38. The van der Waals surface area contributed by atoms with Gasteiger partial charge >= 0.3 is 11.8 Å². The van der Waals surface area contributed by atoms with Crippen molar-refractivity contribution in [3.8, 4) is 0 Å². The van der Waals surface area contributed by atoms with Crippen molar-refractivity contribution >= 4 is 18.0 Å². The highest BCUT2D eigenvalue weighted by Gasteiger charge is 2.11. The van der Waals surface area contributed by atoms with Gasteiger partial charge in [0.15, 0.2) is 6.29 Å². The molecule has 0 spiro atoms. The number of rotatable bonds is 3. The van der Waals surface area contributed by atoms with E-state index in [-0.39, 0.29) is 12.9 Å². The van der Waals surface area contributed by atoms with Gasteiger partial charge in [-0.25, -0.2) is 4.79 Å². The Labute approximate surface area is 51.8 Å². The van der Waals surface area contributed by atoms with Crippen molar-refractivity contribution < 1.29 is 19.1 Å². The highest BCUT2D eigenvalue weighted by Crippen LogP contribution is 1.76. The minimum absolute atomic E-state index is 0.0714. The number of aldehydes is 1. The summed E-state index contributed by atoms with van der Waals surface area (Å²) in [6.07, 6.45) is -0.0714. The number of carbonyl (C=O) groups is 3. The van der Waals surface area contributed by atoms with E-state index in [2.05, 4.69) is 4.74 Å². The van der Waals surface area contributed by atoms with Crippen LogP contribution in [0.2, 0.25) is 0 Å². The molecule has 0 aliphatic rings. The zero-order valence-corrected chi connectivity index (χ0v) is 4.92. The molecule has 4 heteroatoms. The molecule has 0 rings (SSSR count). The molecule has 0 amide bonds. The molecule has 50 valence electrons. The van der Waals surface area contributed by atoms with Crippen LogP contribution in [0, 0.1) is 0 Å². The van der Waals surface area contributed by atoms with E-state index < -0.39 is 11.8 Å². The SMILES string of the molecule is CCOC(=O)C(=O)C=O. The number of ether oxygens (including phenoxy) is 1. The third kappa shape index (κ3) is 2.58. The summed E-state index contributed by atoms with van der Waals surface area (Å²) >= 11 is 0. The van der Waals surface area contributed by atoms with Crippen LogP contribution in [0.3, 0.4) is 0 Å². The van der Waals surface area contributed by atoms with Crippen molar-refractivity contribution in [3.63, 3.8) is 0 Å². The van der Waals surface area contributed by atoms with Crippen LogP contribution >= 0.6 is 0 Å². The third-order valence-electron chi connectivity index (χ3n) is 0.584. The molecule has 0 aromatic rings. The zero-order valence-electron chi connectivity index (χ0n) is 4.92. The van der Waals surface area contributed by atoms with E-state index in [9.17, 15) is 14.4 Å². The monoisotopic (exact) mass is 130 g/mol. The predicted octanol–water partition coefficient (Wildman–Crippen LogP) is -0.683. The molecular weight excluding hydrogens is 124 g/mol. The first-order valence-corrected chi connectivity index (χ1v) is 2.38. The predicted molar refractivity (Wildman–Crippen MR) is 27.7 cm³/mol. The number of ketones is 1. The van der Waals surface area contributed by atoms with E-state index >= 15 is 0 Å². The van der Waals surface area contributed by atoms with Crippen molar-refractivity contribution in [1.29, 1.82) is 0 Å². The van der Waals surface area contributed by atoms with Crippen LogP contribution in [0.15, 0.2) is 0 Å². The molecule has 0 bridgehead atoms. The van der Waals surface area contributed by atoms with Crippen LogP contribution in [0.25, 0.3) is 0 Å². The van der Waals surface area contributed by atoms with Crippen LogP contribution in [0.1, 0.15) is 6.92 Å². The maximum atomic E-state index is 10.2. The van der Waals surface area contributed by atoms with E-state index in [4.69, 9.17) is 0 Å². The fraction of sp³-hybridized carbons (Fsp3) is 0.400. The molecule has 0 aromatic carbocycles. The molecule has 0 saturated heterocycles. The Hall–Kier alpha value is -1.19. The van der Waals surface area contributed by atoms with Gasteiger partial charge in [0.1, 0.15) is 0 Å². The van der Waals surface area contributed by atoms with Crippen molar-refractivity contribution in [3.05, 3.63) is 0 Å². The van der Waals surface area contributed by atoms with Crippen LogP contribution in [0.5, 0.6) is 0 Å². The fourth-order valence-electron chi connectivity index (χ4n) is 0.250. The molecule has 0 atom stereocenters. The summed E-state index contributed by atoms with van der Waals surface area (Å²) < 4.78 is 4.17. The quantitative estimate of drug-likeness (QED) is 0.220. The van der Waals surface area contributed by atoms with Gasteiger partial charge in [0.05, 0.1) is 6.61 Å². The van der Waals surface area contributed by atoms with Gasteiger partial charge in [-0.1, -0.05) is 0 Å². The Morgan fingerprint density at radius 1 is 1.56 bits per heavy atom. The van der Waals surface area contributed by atoms with Crippen LogP contribution < -0.4 is 0 Å². The summed E-state index contributed by atoms with van der Waals surface area (Å²) in [5, 5.41) is 0. The third-order valence-corrected chi connectivity index (χ3v) is 0.584. The summed E-state index contributed by atoms with van der Waals surface area (Å²) in [6, 6.07) is 0. The van der Waals surface area contributed by atoms with Crippen LogP contribution in [0.4, 0.5) is 0 Å². The largest absolute Gasteiger partial charge is 0.460 e.